The van der Waals surface area contributed by atoms with E-state index in [1.165, 1.54) is 0 Å². The first kappa shape index (κ1) is 15.5. The van der Waals surface area contributed by atoms with Crippen LogP contribution >= 0.6 is 11.6 Å². The molecule has 1 rings (SSSR count). The number of carbonyl (C=O) groups is 2. The topological polar surface area (TPSA) is 70.2 Å². The smallest absolute Gasteiger partial charge is 0.321 e. The highest BCUT2D eigenvalue weighted by atomic mass is 35.5. The van der Waals surface area contributed by atoms with E-state index in [-0.39, 0.29) is 5.91 Å². The Balaban J connectivity index is 2.38. The Labute approximate surface area is 117 Å². The summed E-state index contributed by atoms with van der Waals surface area (Å²) in [5, 5.41) is 8.45. The molecular weight excluding hydrogens is 266 g/mol. The number of carbonyl (C=O) groups excluding carboxylic acids is 2. The maximum atomic E-state index is 11.6. The molecule has 1 aromatic carbocycles. The van der Waals surface area contributed by atoms with Gasteiger partial charge < -0.3 is 10.6 Å². The Morgan fingerprint density at radius 2 is 1.89 bits per heavy atom. The van der Waals surface area contributed by atoms with Crippen LogP contribution in [0.4, 0.5) is 4.79 Å². The second-order valence-electron chi connectivity index (χ2n) is 4.08. The Morgan fingerprint density at radius 3 is 2.47 bits per heavy atom. The lowest BCUT2D eigenvalue weighted by molar-refractivity contribution is -0.121. The van der Waals surface area contributed by atoms with Crippen molar-refractivity contribution in [2.75, 3.05) is 6.54 Å². The van der Waals surface area contributed by atoms with Gasteiger partial charge in [0.15, 0.2) is 0 Å². The number of hydrogen-bond donors (Lipinski definition) is 3. The number of urea groups is 1. The minimum Gasteiger partial charge on any atom is -0.338 e. The summed E-state index contributed by atoms with van der Waals surface area (Å²) in [6.07, 6.45) is 0. The zero-order valence-electron chi connectivity index (χ0n) is 11.0. The number of rotatable bonds is 5. The van der Waals surface area contributed by atoms with Crippen molar-refractivity contribution in [3.63, 3.8) is 0 Å². The molecule has 0 heterocycles. The van der Waals surface area contributed by atoms with Gasteiger partial charge in [-0.25, -0.2) is 4.79 Å². The van der Waals surface area contributed by atoms with E-state index < -0.39 is 12.1 Å². The molecule has 3 amide bonds. The first-order valence-electron chi connectivity index (χ1n) is 6.09. The highest BCUT2D eigenvalue weighted by molar-refractivity contribution is 6.30. The standard InChI is InChI=1S/C13H18ClN3O2/c1-3-15-13(19)17-12(18)9(2)16-8-10-4-6-11(14)7-5-10/h4-7,9,16H,3,8H2,1-2H3,(H2,15,17,18,19). The Morgan fingerprint density at radius 1 is 1.26 bits per heavy atom. The molecule has 3 N–H and O–H groups in total. The van der Waals surface area contributed by atoms with E-state index in [2.05, 4.69) is 16.0 Å². The van der Waals surface area contributed by atoms with Crippen molar-refractivity contribution in [1.82, 2.24) is 16.0 Å². The lowest BCUT2D eigenvalue weighted by Crippen LogP contribution is -2.47. The van der Waals surface area contributed by atoms with Crippen LogP contribution in [-0.2, 0) is 11.3 Å². The number of halogens is 1. The van der Waals surface area contributed by atoms with Crippen molar-refractivity contribution >= 4 is 23.5 Å². The summed E-state index contributed by atoms with van der Waals surface area (Å²) in [6, 6.07) is 6.40. The average Bonchev–Trinajstić information content (AvgIpc) is 2.37. The first-order chi connectivity index (χ1) is 9.02. The maximum absolute atomic E-state index is 11.6. The zero-order chi connectivity index (χ0) is 14.3. The van der Waals surface area contributed by atoms with Gasteiger partial charge in [-0.3, -0.25) is 10.1 Å². The van der Waals surface area contributed by atoms with E-state index in [9.17, 15) is 9.59 Å². The average molecular weight is 284 g/mol. The Hall–Kier alpha value is -1.59. The van der Waals surface area contributed by atoms with Crippen LogP contribution in [0.2, 0.25) is 5.02 Å². The molecule has 19 heavy (non-hydrogen) atoms. The van der Waals surface area contributed by atoms with Gasteiger partial charge in [0.2, 0.25) is 5.91 Å². The monoisotopic (exact) mass is 283 g/mol. The molecule has 0 radical (unpaired) electrons. The van der Waals surface area contributed by atoms with Crippen molar-refractivity contribution in [2.24, 2.45) is 0 Å². The van der Waals surface area contributed by atoms with Crippen molar-refractivity contribution in [3.8, 4) is 0 Å². The quantitative estimate of drug-likeness (QED) is 0.770. The van der Waals surface area contributed by atoms with Crippen molar-refractivity contribution in [2.45, 2.75) is 26.4 Å². The van der Waals surface area contributed by atoms with Gasteiger partial charge in [-0.2, -0.15) is 0 Å². The first-order valence-corrected chi connectivity index (χ1v) is 6.47. The van der Waals surface area contributed by atoms with Crippen LogP contribution in [0.25, 0.3) is 0 Å². The van der Waals surface area contributed by atoms with E-state index in [1.54, 1.807) is 26.0 Å². The highest BCUT2D eigenvalue weighted by Crippen LogP contribution is 2.09. The highest BCUT2D eigenvalue weighted by Gasteiger charge is 2.14. The van der Waals surface area contributed by atoms with E-state index in [0.717, 1.165) is 5.56 Å². The predicted octanol–water partition coefficient (Wildman–Crippen LogP) is 1.66. The van der Waals surface area contributed by atoms with E-state index in [0.29, 0.717) is 18.1 Å². The summed E-state index contributed by atoms with van der Waals surface area (Å²) in [6.45, 7) is 4.49. The third-order valence-corrected chi connectivity index (χ3v) is 2.74. The molecule has 0 aromatic heterocycles. The summed E-state index contributed by atoms with van der Waals surface area (Å²) < 4.78 is 0. The lowest BCUT2D eigenvalue weighted by atomic mass is 10.2. The van der Waals surface area contributed by atoms with Gasteiger partial charge in [-0.15, -0.1) is 0 Å². The van der Waals surface area contributed by atoms with Gasteiger partial charge in [-0.1, -0.05) is 23.7 Å². The molecular formula is C13H18ClN3O2. The molecule has 1 atom stereocenters. The number of benzene rings is 1. The lowest BCUT2D eigenvalue weighted by Gasteiger charge is -2.13. The largest absolute Gasteiger partial charge is 0.338 e. The summed E-state index contributed by atoms with van der Waals surface area (Å²) >= 11 is 5.78. The molecule has 0 aliphatic rings. The van der Waals surface area contributed by atoms with Crippen LogP contribution in [0.15, 0.2) is 24.3 Å². The molecule has 0 saturated carbocycles. The van der Waals surface area contributed by atoms with Crippen LogP contribution in [0.3, 0.4) is 0 Å². The predicted molar refractivity (Wildman–Crippen MR) is 75.0 cm³/mol. The zero-order valence-corrected chi connectivity index (χ0v) is 11.8. The molecule has 0 bridgehead atoms. The molecule has 104 valence electrons. The summed E-state index contributed by atoms with van der Waals surface area (Å²) in [5.41, 5.74) is 1.02. The minimum absolute atomic E-state index is 0.361. The Kier molecular flexibility index (Phi) is 6.32. The van der Waals surface area contributed by atoms with Crippen molar-refractivity contribution in [1.29, 1.82) is 0 Å². The second kappa shape index (κ2) is 7.76. The summed E-state index contributed by atoms with van der Waals surface area (Å²) in [7, 11) is 0. The summed E-state index contributed by atoms with van der Waals surface area (Å²) in [5.74, 6) is -0.361. The molecule has 0 spiro atoms. The van der Waals surface area contributed by atoms with Crippen LogP contribution in [0.1, 0.15) is 19.4 Å². The Bertz CT molecular complexity index is 434. The number of nitrogens with one attached hydrogen (secondary N) is 3. The van der Waals surface area contributed by atoms with Crippen LogP contribution in [0.5, 0.6) is 0 Å². The molecule has 0 aliphatic carbocycles. The fourth-order valence-electron chi connectivity index (χ4n) is 1.39. The van der Waals surface area contributed by atoms with Gasteiger partial charge in [0, 0.05) is 18.1 Å². The molecule has 0 fully saturated rings. The summed E-state index contributed by atoms with van der Waals surface area (Å²) in [4.78, 5) is 22.8. The normalized spacial score (nSPS) is 11.7. The van der Waals surface area contributed by atoms with Gasteiger partial charge in [0.25, 0.3) is 0 Å². The van der Waals surface area contributed by atoms with Crippen molar-refractivity contribution < 1.29 is 9.59 Å². The molecule has 0 saturated heterocycles. The number of hydrogen-bond acceptors (Lipinski definition) is 3. The van der Waals surface area contributed by atoms with E-state index in [4.69, 9.17) is 11.6 Å². The molecule has 6 heteroatoms. The molecule has 5 nitrogen and oxygen atoms in total. The fourth-order valence-corrected chi connectivity index (χ4v) is 1.52. The van der Waals surface area contributed by atoms with Crippen LogP contribution in [0, 0.1) is 0 Å². The van der Waals surface area contributed by atoms with Gasteiger partial charge >= 0.3 is 6.03 Å². The van der Waals surface area contributed by atoms with Crippen LogP contribution in [-0.4, -0.2) is 24.5 Å². The van der Waals surface area contributed by atoms with Gasteiger partial charge in [-0.05, 0) is 31.5 Å². The third-order valence-electron chi connectivity index (χ3n) is 2.49. The van der Waals surface area contributed by atoms with Gasteiger partial charge in [0.1, 0.15) is 0 Å². The van der Waals surface area contributed by atoms with Crippen molar-refractivity contribution in [3.05, 3.63) is 34.9 Å². The maximum Gasteiger partial charge on any atom is 0.321 e. The number of imide groups is 1. The molecule has 1 aromatic rings. The second-order valence-corrected chi connectivity index (χ2v) is 4.51. The molecule has 0 aliphatic heterocycles. The van der Waals surface area contributed by atoms with Crippen LogP contribution < -0.4 is 16.0 Å². The minimum atomic E-state index is -0.479. The third kappa shape index (κ3) is 5.72. The number of amides is 3. The SMILES string of the molecule is CCNC(=O)NC(=O)C(C)NCc1ccc(Cl)cc1. The fraction of sp³-hybridized carbons (Fsp3) is 0.385. The van der Waals surface area contributed by atoms with E-state index >= 15 is 0 Å². The van der Waals surface area contributed by atoms with E-state index in [1.807, 2.05) is 12.1 Å². The molecule has 1 unspecified atom stereocenters. The van der Waals surface area contributed by atoms with Gasteiger partial charge in [0.05, 0.1) is 6.04 Å².